The molecule has 1 unspecified atom stereocenters. The third-order valence-electron chi connectivity index (χ3n) is 2.54. The second-order valence-corrected chi connectivity index (χ2v) is 5.51. The van der Waals surface area contributed by atoms with Crippen LogP contribution in [-0.4, -0.2) is 28.8 Å². The minimum atomic E-state index is -1.05. The van der Waals surface area contributed by atoms with Gasteiger partial charge in [-0.05, 0) is 40.0 Å². The van der Waals surface area contributed by atoms with Gasteiger partial charge in [0, 0.05) is 0 Å². The molecule has 1 rings (SSSR count). The highest BCUT2D eigenvalue weighted by Crippen LogP contribution is 2.17. The maximum Gasteiger partial charge on any atom is 0.408 e. The molecular formula is C14H21NO4. The van der Waals surface area contributed by atoms with Gasteiger partial charge in [-0.2, -0.15) is 0 Å². The van der Waals surface area contributed by atoms with Crippen molar-refractivity contribution in [2.75, 3.05) is 0 Å². The minimum Gasteiger partial charge on any atom is -0.480 e. The summed E-state index contributed by atoms with van der Waals surface area (Å²) in [6.45, 7) is 5.20. The first-order valence-corrected chi connectivity index (χ1v) is 6.33. The lowest BCUT2D eigenvalue weighted by molar-refractivity contribution is -0.139. The van der Waals surface area contributed by atoms with E-state index >= 15 is 0 Å². The average Bonchev–Trinajstić information content (AvgIpc) is 2.26. The fourth-order valence-corrected chi connectivity index (χ4v) is 1.73. The Morgan fingerprint density at radius 3 is 2.58 bits per heavy atom. The van der Waals surface area contributed by atoms with Gasteiger partial charge in [0.05, 0.1) is 0 Å². The van der Waals surface area contributed by atoms with Crippen molar-refractivity contribution in [3.8, 4) is 0 Å². The van der Waals surface area contributed by atoms with E-state index in [0.717, 1.165) is 18.4 Å². The van der Waals surface area contributed by atoms with Gasteiger partial charge < -0.3 is 15.2 Å². The summed E-state index contributed by atoms with van der Waals surface area (Å²) in [7, 11) is 0. The number of carboxylic acids is 1. The van der Waals surface area contributed by atoms with E-state index in [2.05, 4.69) is 5.32 Å². The van der Waals surface area contributed by atoms with E-state index in [0.29, 0.717) is 6.42 Å². The molecule has 0 aromatic rings. The molecule has 0 radical (unpaired) electrons. The SMILES string of the molecule is CC(C)(C)OC(=O)NC(CC1=CCC=CC1)C(=O)O. The van der Waals surface area contributed by atoms with E-state index < -0.39 is 23.7 Å². The van der Waals surface area contributed by atoms with Crippen LogP contribution in [0.2, 0.25) is 0 Å². The van der Waals surface area contributed by atoms with Crippen molar-refractivity contribution in [2.45, 2.75) is 51.7 Å². The zero-order chi connectivity index (χ0) is 14.5. The van der Waals surface area contributed by atoms with Crippen LogP contribution in [0.15, 0.2) is 23.8 Å². The number of hydrogen-bond donors (Lipinski definition) is 2. The molecule has 0 aromatic carbocycles. The monoisotopic (exact) mass is 267 g/mol. The largest absolute Gasteiger partial charge is 0.480 e. The summed E-state index contributed by atoms with van der Waals surface area (Å²) in [4.78, 5) is 22.7. The summed E-state index contributed by atoms with van der Waals surface area (Å²) in [5, 5.41) is 11.5. The summed E-state index contributed by atoms with van der Waals surface area (Å²) in [6.07, 6.45) is 7.17. The van der Waals surface area contributed by atoms with E-state index in [1.807, 2.05) is 18.2 Å². The number of hydrogen-bond acceptors (Lipinski definition) is 3. The molecule has 0 saturated carbocycles. The lowest BCUT2D eigenvalue weighted by Gasteiger charge is -2.22. The Kier molecular flexibility index (Phi) is 5.15. The van der Waals surface area contributed by atoms with Crippen LogP contribution in [0.3, 0.4) is 0 Å². The predicted octanol–water partition coefficient (Wildman–Crippen LogP) is 2.63. The van der Waals surface area contributed by atoms with Crippen molar-refractivity contribution < 1.29 is 19.4 Å². The molecule has 106 valence electrons. The molecule has 5 heteroatoms. The highest BCUT2D eigenvalue weighted by molar-refractivity contribution is 5.80. The molecule has 0 fully saturated rings. The standard InChI is InChI=1S/C14H21NO4/c1-14(2,3)19-13(18)15-11(12(16)17)9-10-7-5-4-6-8-10/h4-5,8,11H,6-7,9H2,1-3H3,(H,15,18)(H,16,17). The third-order valence-corrected chi connectivity index (χ3v) is 2.54. The maximum atomic E-state index is 11.6. The Labute approximate surface area is 113 Å². The number of carboxylic acid groups (broad SMARTS) is 1. The summed E-state index contributed by atoms with van der Waals surface area (Å²) in [5.74, 6) is -1.05. The molecule has 0 saturated heterocycles. The molecular weight excluding hydrogens is 246 g/mol. The average molecular weight is 267 g/mol. The quantitative estimate of drug-likeness (QED) is 0.768. The van der Waals surface area contributed by atoms with Crippen LogP contribution >= 0.6 is 0 Å². The topological polar surface area (TPSA) is 75.6 Å². The number of ether oxygens (including phenoxy) is 1. The number of rotatable bonds is 4. The third kappa shape index (κ3) is 6.08. The predicted molar refractivity (Wildman–Crippen MR) is 71.9 cm³/mol. The molecule has 0 spiro atoms. The van der Waals surface area contributed by atoms with Gasteiger partial charge in [-0.15, -0.1) is 0 Å². The van der Waals surface area contributed by atoms with Gasteiger partial charge in [0.15, 0.2) is 0 Å². The van der Waals surface area contributed by atoms with Gasteiger partial charge in [0.2, 0.25) is 0 Å². The number of alkyl carbamates (subject to hydrolysis) is 1. The molecule has 1 aliphatic rings. The van der Waals surface area contributed by atoms with Crippen LogP contribution in [0.5, 0.6) is 0 Å². The van der Waals surface area contributed by atoms with Crippen molar-refractivity contribution in [3.63, 3.8) is 0 Å². The summed E-state index contributed by atoms with van der Waals surface area (Å²) < 4.78 is 5.06. The van der Waals surface area contributed by atoms with E-state index in [9.17, 15) is 9.59 Å². The first-order chi connectivity index (χ1) is 8.78. The molecule has 5 nitrogen and oxygen atoms in total. The highest BCUT2D eigenvalue weighted by Gasteiger charge is 2.24. The van der Waals surface area contributed by atoms with Gasteiger partial charge in [-0.1, -0.05) is 23.8 Å². The van der Waals surface area contributed by atoms with Gasteiger partial charge in [-0.25, -0.2) is 9.59 Å². The molecule has 2 N–H and O–H groups in total. The molecule has 0 aliphatic heterocycles. The second kappa shape index (κ2) is 6.41. The van der Waals surface area contributed by atoms with Crippen LogP contribution in [0, 0.1) is 0 Å². The maximum absolute atomic E-state index is 11.6. The van der Waals surface area contributed by atoms with Crippen LogP contribution < -0.4 is 5.32 Å². The number of amides is 1. The fraction of sp³-hybridized carbons (Fsp3) is 0.571. The Bertz CT molecular complexity index is 404. The molecule has 0 heterocycles. The van der Waals surface area contributed by atoms with Gasteiger partial charge in [0.25, 0.3) is 0 Å². The second-order valence-electron chi connectivity index (χ2n) is 5.51. The highest BCUT2D eigenvalue weighted by atomic mass is 16.6. The number of carbonyl (C=O) groups excluding carboxylic acids is 1. The van der Waals surface area contributed by atoms with Gasteiger partial charge in [-0.3, -0.25) is 0 Å². The van der Waals surface area contributed by atoms with Crippen LogP contribution in [0.4, 0.5) is 4.79 Å². The molecule has 1 amide bonds. The van der Waals surface area contributed by atoms with Gasteiger partial charge in [0.1, 0.15) is 11.6 Å². The lowest BCUT2D eigenvalue weighted by Crippen LogP contribution is -2.43. The number of aliphatic carboxylic acids is 1. The van der Waals surface area contributed by atoms with Crippen LogP contribution in [0.25, 0.3) is 0 Å². The summed E-state index contributed by atoms with van der Waals surface area (Å²) in [6, 6.07) is -0.951. The van der Waals surface area contributed by atoms with E-state index in [1.165, 1.54) is 0 Å². The van der Waals surface area contributed by atoms with Crippen molar-refractivity contribution in [1.29, 1.82) is 0 Å². The number of nitrogens with one attached hydrogen (secondary N) is 1. The zero-order valence-corrected chi connectivity index (χ0v) is 11.6. The van der Waals surface area contributed by atoms with Gasteiger partial charge >= 0.3 is 12.1 Å². The lowest BCUT2D eigenvalue weighted by atomic mass is 9.99. The molecule has 19 heavy (non-hydrogen) atoms. The molecule has 1 aliphatic carbocycles. The van der Waals surface area contributed by atoms with Crippen molar-refractivity contribution in [3.05, 3.63) is 23.8 Å². The normalized spacial score (nSPS) is 16.5. The fourth-order valence-electron chi connectivity index (χ4n) is 1.73. The summed E-state index contributed by atoms with van der Waals surface area (Å²) >= 11 is 0. The molecule has 0 bridgehead atoms. The zero-order valence-electron chi connectivity index (χ0n) is 11.6. The van der Waals surface area contributed by atoms with Crippen molar-refractivity contribution in [2.24, 2.45) is 0 Å². The van der Waals surface area contributed by atoms with E-state index in [1.54, 1.807) is 20.8 Å². The van der Waals surface area contributed by atoms with Crippen molar-refractivity contribution >= 4 is 12.1 Å². The van der Waals surface area contributed by atoms with Crippen LogP contribution in [0.1, 0.15) is 40.0 Å². The van der Waals surface area contributed by atoms with E-state index in [4.69, 9.17) is 9.84 Å². The Morgan fingerprint density at radius 1 is 1.42 bits per heavy atom. The Hall–Kier alpha value is -1.78. The molecule has 1 atom stereocenters. The van der Waals surface area contributed by atoms with E-state index in [-0.39, 0.29) is 0 Å². The van der Waals surface area contributed by atoms with Crippen molar-refractivity contribution in [1.82, 2.24) is 5.32 Å². The van der Waals surface area contributed by atoms with Crippen LogP contribution in [-0.2, 0) is 9.53 Å². The number of carbonyl (C=O) groups is 2. The smallest absolute Gasteiger partial charge is 0.408 e. The molecule has 0 aromatic heterocycles. The minimum absolute atomic E-state index is 0.304. The summed E-state index contributed by atoms with van der Waals surface area (Å²) in [5.41, 5.74) is 0.380. The number of allylic oxidation sites excluding steroid dienone is 3. The Morgan fingerprint density at radius 2 is 2.11 bits per heavy atom. The first kappa shape index (κ1) is 15.3. The Balaban J connectivity index is 2.56. The first-order valence-electron chi connectivity index (χ1n) is 6.33.